The molecular formula is C24H32N4O2. The van der Waals surface area contributed by atoms with Gasteiger partial charge in [-0.25, -0.2) is 0 Å². The number of amides is 1. The molecule has 1 aliphatic heterocycles. The molecule has 2 aromatic carbocycles. The molecule has 1 aliphatic rings. The Hall–Kier alpha value is -3.02. The summed E-state index contributed by atoms with van der Waals surface area (Å²) >= 11 is 0. The van der Waals surface area contributed by atoms with Crippen LogP contribution in [0.5, 0.6) is 5.75 Å². The van der Waals surface area contributed by atoms with Crippen LogP contribution < -0.4 is 20.7 Å². The zero-order valence-electron chi connectivity index (χ0n) is 18.1. The first-order chi connectivity index (χ1) is 14.6. The van der Waals surface area contributed by atoms with Gasteiger partial charge in [-0.05, 0) is 49.9 Å². The van der Waals surface area contributed by atoms with Gasteiger partial charge in [0.2, 0.25) is 5.91 Å². The lowest BCUT2D eigenvalue weighted by Gasteiger charge is -2.24. The molecule has 0 radical (unpaired) electrons. The molecule has 2 aromatic rings. The Labute approximate surface area is 179 Å². The lowest BCUT2D eigenvalue weighted by atomic mass is 9.91. The second-order valence-corrected chi connectivity index (χ2v) is 7.61. The number of ether oxygens (including phenoxy) is 1. The van der Waals surface area contributed by atoms with Gasteiger partial charge in [0.25, 0.3) is 0 Å². The molecule has 0 bridgehead atoms. The standard InChI is InChI=1S/C24H32N4O2/c1-4-25-24(26-13-8-14-30-23-17(2)9-7-10-18(23)3)27-16-19-15-22(29)28-21-12-6-5-11-20(19)21/h5-7,9-12,19H,4,8,13-16H2,1-3H3,(H,28,29)(H2,25,26,27). The molecule has 0 saturated carbocycles. The van der Waals surface area contributed by atoms with E-state index in [-0.39, 0.29) is 11.8 Å². The molecule has 0 aliphatic carbocycles. The van der Waals surface area contributed by atoms with Crippen LogP contribution in [-0.2, 0) is 4.79 Å². The van der Waals surface area contributed by atoms with E-state index in [4.69, 9.17) is 9.73 Å². The van der Waals surface area contributed by atoms with Crippen LogP contribution in [0.1, 0.15) is 42.4 Å². The zero-order valence-corrected chi connectivity index (χ0v) is 18.1. The van der Waals surface area contributed by atoms with Gasteiger partial charge in [0.05, 0.1) is 13.2 Å². The summed E-state index contributed by atoms with van der Waals surface area (Å²) in [4.78, 5) is 16.7. The molecule has 0 fully saturated rings. The van der Waals surface area contributed by atoms with Crippen molar-refractivity contribution in [3.05, 3.63) is 59.2 Å². The zero-order chi connectivity index (χ0) is 21.3. The predicted molar refractivity (Wildman–Crippen MR) is 122 cm³/mol. The normalized spacial score (nSPS) is 15.9. The van der Waals surface area contributed by atoms with Crippen molar-refractivity contribution in [2.24, 2.45) is 4.99 Å². The van der Waals surface area contributed by atoms with E-state index in [1.807, 2.05) is 31.2 Å². The van der Waals surface area contributed by atoms with Gasteiger partial charge in [0, 0.05) is 31.1 Å². The minimum atomic E-state index is 0.0514. The average molecular weight is 409 g/mol. The summed E-state index contributed by atoms with van der Waals surface area (Å²) < 4.78 is 5.97. The first kappa shape index (κ1) is 21.7. The molecule has 0 aromatic heterocycles. The number of benzene rings is 2. The maximum atomic E-state index is 12.0. The Morgan fingerprint density at radius 2 is 1.90 bits per heavy atom. The van der Waals surface area contributed by atoms with E-state index in [1.54, 1.807) is 0 Å². The summed E-state index contributed by atoms with van der Waals surface area (Å²) in [5.74, 6) is 1.90. The molecule has 1 heterocycles. The molecule has 1 unspecified atom stereocenters. The number of para-hydroxylation sites is 2. The molecule has 3 rings (SSSR count). The summed E-state index contributed by atoms with van der Waals surface area (Å²) in [5, 5.41) is 9.59. The van der Waals surface area contributed by atoms with Gasteiger partial charge in [-0.2, -0.15) is 0 Å². The predicted octanol–water partition coefficient (Wildman–Crippen LogP) is 3.75. The SMILES string of the molecule is CCNC(=NCC1CC(=O)Nc2ccccc21)NCCCOc1c(C)cccc1C. The van der Waals surface area contributed by atoms with Crippen LogP contribution in [0.25, 0.3) is 0 Å². The monoisotopic (exact) mass is 408 g/mol. The van der Waals surface area contributed by atoms with Crippen LogP contribution in [0.3, 0.4) is 0 Å². The molecule has 1 amide bonds. The number of nitrogens with zero attached hydrogens (tertiary/aromatic N) is 1. The van der Waals surface area contributed by atoms with Gasteiger partial charge in [-0.3, -0.25) is 9.79 Å². The van der Waals surface area contributed by atoms with Gasteiger partial charge in [0.15, 0.2) is 5.96 Å². The second kappa shape index (κ2) is 10.7. The first-order valence-electron chi connectivity index (χ1n) is 10.7. The molecule has 0 saturated heterocycles. The van der Waals surface area contributed by atoms with Crippen LogP contribution in [-0.4, -0.2) is 38.1 Å². The number of hydrogen-bond acceptors (Lipinski definition) is 3. The van der Waals surface area contributed by atoms with E-state index in [9.17, 15) is 4.79 Å². The second-order valence-electron chi connectivity index (χ2n) is 7.61. The third-order valence-corrected chi connectivity index (χ3v) is 5.19. The molecule has 3 N–H and O–H groups in total. The number of anilines is 1. The van der Waals surface area contributed by atoms with Gasteiger partial charge in [0.1, 0.15) is 5.75 Å². The smallest absolute Gasteiger partial charge is 0.225 e. The van der Waals surface area contributed by atoms with Crippen molar-refractivity contribution < 1.29 is 9.53 Å². The fourth-order valence-corrected chi connectivity index (χ4v) is 3.69. The van der Waals surface area contributed by atoms with Crippen molar-refractivity contribution in [2.75, 3.05) is 31.6 Å². The third-order valence-electron chi connectivity index (χ3n) is 5.19. The largest absolute Gasteiger partial charge is 0.493 e. The van der Waals surface area contributed by atoms with E-state index >= 15 is 0 Å². The van der Waals surface area contributed by atoms with E-state index in [1.165, 1.54) is 0 Å². The fourth-order valence-electron chi connectivity index (χ4n) is 3.69. The number of guanidine groups is 1. The fraction of sp³-hybridized carbons (Fsp3) is 0.417. The molecule has 0 spiro atoms. The highest BCUT2D eigenvalue weighted by molar-refractivity contribution is 5.94. The molecule has 30 heavy (non-hydrogen) atoms. The summed E-state index contributed by atoms with van der Waals surface area (Å²) in [6.07, 6.45) is 1.33. The molecule has 6 heteroatoms. The molecule has 1 atom stereocenters. The lowest BCUT2D eigenvalue weighted by molar-refractivity contribution is -0.116. The van der Waals surface area contributed by atoms with Crippen LogP contribution in [0.4, 0.5) is 5.69 Å². The van der Waals surface area contributed by atoms with Crippen molar-refractivity contribution in [1.29, 1.82) is 0 Å². The van der Waals surface area contributed by atoms with Crippen molar-refractivity contribution in [3.8, 4) is 5.75 Å². The quantitative estimate of drug-likeness (QED) is 0.353. The number of nitrogens with one attached hydrogen (secondary N) is 3. The number of aryl methyl sites for hydroxylation is 2. The molecular weight excluding hydrogens is 376 g/mol. The highest BCUT2D eigenvalue weighted by Gasteiger charge is 2.24. The average Bonchev–Trinajstić information content (AvgIpc) is 2.73. The van der Waals surface area contributed by atoms with E-state index in [0.29, 0.717) is 19.6 Å². The third kappa shape index (κ3) is 5.75. The Morgan fingerprint density at radius 1 is 1.13 bits per heavy atom. The topological polar surface area (TPSA) is 74.8 Å². The van der Waals surface area contributed by atoms with Gasteiger partial charge >= 0.3 is 0 Å². The minimum Gasteiger partial charge on any atom is -0.493 e. The first-order valence-corrected chi connectivity index (χ1v) is 10.7. The van der Waals surface area contributed by atoms with Crippen molar-refractivity contribution in [1.82, 2.24) is 10.6 Å². The van der Waals surface area contributed by atoms with E-state index in [2.05, 4.69) is 48.0 Å². The van der Waals surface area contributed by atoms with Gasteiger partial charge in [-0.1, -0.05) is 36.4 Å². The van der Waals surface area contributed by atoms with Crippen molar-refractivity contribution in [3.63, 3.8) is 0 Å². The van der Waals surface area contributed by atoms with Crippen LogP contribution >= 0.6 is 0 Å². The summed E-state index contributed by atoms with van der Waals surface area (Å²) in [5.41, 5.74) is 4.37. The summed E-state index contributed by atoms with van der Waals surface area (Å²) in [6, 6.07) is 14.2. The van der Waals surface area contributed by atoms with Crippen LogP contribution in [0.2, 0.25) is 0 Å². The highest BCUT2D eigenvalue weighted by atomic mass is 16.5. The van der Waals surface area contributed by atoms with Gasteiger partial charge in [-0.15, -0.1) is 0 Å². The molecule has 6 nitrogen and oxygen atoms in total. The molecule has 160 valence electrons. The number of carbonyl (C=O) groups is 1. The minimum absolute atomic E-state index is 0.0514. The Kier molecular flexibility index (Phi) is 7.71. The van der Waals surface area contributed by atoms with Crippen molar-refractivity contribution in [2.45, 2.75) is 39.5 Å². The Morgan fingerprint density at radius 3 is 2.67 bits per heavy atom. The number of hydrogen-bond donors (Lipinski definition) is 3. The van der Waals surface area contributed by atoms with E-state index in [0.717, 1.165) is 53.6 Å². The Balaban J connectivity index is 1.51. The Bertz CT molecular complexity index is 874. The van der Waals surface area contributed by atoms with Crippen LogP contribution in [0.15, 0.2) is 47.5 Å². The van der Waals surface area contributed by atoms with E-state index < -0.39 is 0 Å². The lowest BCUT2D eigenvalue weighted by Crippen LogP contribution is -2.38. The number of aliphatic imine (C=N–C) groups is 1. The van der Waals surface area contributed by atoms with Crippen LogP contribution in [0, 0.1) is 13.8 Å². The number of fused-ring (bicyclic) bond motifs is 1. The van der Waals surface area contributed by atoms with Crippen molar-refractivity contribution >= 4 is 17.6 Å². The summed E-state index contributed by atoms with van der Waals surface area (Å²) in [7, 11) is 0. The highest BCUT2D eigenvalue weighted by Crippen LogP contribution is 2.32. The summed E-state index contributed by atoms with van der Waals surface area (Å²) in [6.45, 7) is 8.95. The maximum Gasteiger partial charge on any atom is 0.225 e. The number of carbonyl (C=O) groups excluding carboxylic acids is 1. The number of rotatable bonds is 8. The maximum absolute atomic E-state index is 12.0. The van der Waals surface area contributed by atoms with Gasteiger partial charge < -0.3 is 20.7 Å².